The first-order valence-electron chi connectivity index (χ1n) is 11.7. The summed E-state index contributed by atoms with van der Waals surface area (Å²) < 4.78 is 0. The summed E-state index contributed by atoms with van der Waals surface area (Å²) in [6.45, 7) is 13.3. The standard InChI is InChI=1S/C28H40O2/c1-19(2)11-12-20(3)13-14-21(4)15-16-22(5)17-18-24-23(6)27(29)25-9-7-8-10-26(25)28(24)30/h7-10,17,19-21H,11-16,18H2,1-6H3/b22-17+. The first-order chi connectivity index (χ1) is 14.2. The average Bonchev–Trinajstić information content (AvgIpc) is 2.73. The lowest BCUT2D eigenvalue weighted by Crippen LogP contribution is -2.20. The van der Waals surface area contributed by atoms with Gasteiger partial charge in [-0.25, -0.2) is 0 Å². The normalized spacial score (nSPS) is 16.8. The summed E-state index contributed by atoms with van der Waals surface area (Å²) >= 11 is 0. The van der Waals surface area contributed by atoms with Crippen LogP contribution >= 0.6 is 0 Å². The molecule has 2 rings (SSSR count). The van der Waals surface area contributed by atoms with E-state index in [4.69, 9.17) is 0 Å². The van der Waals surface area contributed by atoms with Crippen LogP contribution in [0, 0.1) is 17.8 Å². The van der Waals surface area contributed by atoms with Crippen LogP contribution in [0.4, 0.5) is 0 Å². The van der Waals surface area contributed by atoms with Crippen LogP contribution in [0.15, 0.2) is 47.1 Å². The van der Waals surface area contributed by atoms with Gasteiger partial charge in [0, 0.05) is 22.3 Å². The van der Waals surface area contributed by atoms with Crippen LogP contribution in [0.1, 0.15) is 107 Å². The van der Waals surface area contributed by atoms with Gasteiger partial charge in [-0.1, -0.05) is 89.3 Å². The van der Waals surface area contributed by atoms with E-state index in [1.165, 1.54) is 37.7 Å². The molecule has 0 spiro atoms. The Morgan fingerprint density at radius 3 is 1.97 bits per heavy atom. The van der Waals surface area contributed by atoms with Gasteiger partial charge in [-0.15, -0.1) is 0 Å². The average molecular weight is 409 g/mol. The largest absolute Gasteiger partial charge is 0.289 e. The van der Waals surface area contributed by atoms with Crippen LogP contribution in [0.5, 0.6) is 0 Å². The Hall–Kier alpha value is -1.96. The van der Waals surface area contributed by atoms with Crippen molar-refractivity contribution >= 4 is 11.6 Å². The number of fused-ring (bicyclic) bond motifs is 1. The Labute approximate surface area is 183 Å². The van der Waals surface area contributed by atoms with Crippen LogP contribution in [-0.2, 0) is 0 Å². The first-order valence-corrected chi connectivity index (χ1v) is 11.7. The highest BCUT2D eigenvalue weighted by Gasteiger charge is 2.28. The molecule has 0 saturated heterocycles. The van der Waals surface area contributed by atoms with Gasteiger partial charge >= 0.3 is 0 Å². The second-order valence-electron chi connectivity index (χ2n) is 9.86. The fourth-order valence-electron chi connectivity index (χ4n) is 4.12. The Bertz CT molecular complexity index is 810. The fraction of sp³-hybridized carbons (Fsp3) is 0.571. The molecule has 1 aliphatic rings. The van der Waals surface area contributed by atoms with Crippen molar-refractivity contribution in [2.45, 2.75) is 86.5 Å². The number of benzene rings is 1. The van der Waals surface area contributed by atoms with Crippen LogP contribution in [0.25, 0.3) is 0 Å². The molecule has 0 aromatic heterocycles. The van der Waals surface area contributed by atoms with Gasteiger partial charge in [-0.05, 0) is 50.9 Å². The van der Waals surface area contributed by atoms with Crippen molar-refractivity contribution in [2.24, 2.45) is 17.8 Å². The second-order valence-corrected chi connectivity index (χ2v) is 9.86. The molecule has 0 N–H and O–H groups in total. The topological polar surface area (TPSA) is 34.1 Å². The molecule has 0 amide bonds. The van der Waals surface area contributed by atoms with Crippen LogP contribution in [0.3, 0.4) is 0 Å². The number of Topliss-reactive ketones (excluding diaryl/α,β-unsaturated/α-hetero) is 2. The number of carbonyl (C=O) groups is 2. The summed E-state index contributed by atoms with van der Waals surface area (Å²) in [5.41, 5.74) is 3.67. The van der Waals surface area contributed by atoms with Crippen molar-refractivity contribution < 1.29 is 9.59 Å². The molecule has 0 radical (unpaired) electrons. The van der Waals surface area contributed by atoms with Crippen LogP contribution in [0.2, 0.25) is 0 Å². The van der Waals surface area contributed by atoms with Crippen molar-refractivity contribution in [2.75, 3.05) is 0 Å². The van der Waals surface area contributed by atoms with E-state index in [2.05, 4.69) is 40.7 Å². The molecule has 30 heavy (non-hydrogen) atoms. The third kappa shape index (κ3) is 6.79. The van der Waals surface area contributed by atoms with E-state index in [0.29, 0.717) is 28.7 Å². The number of hydrogen-bond donors (Lipinski definition) is 0. The zero-order valence-electron chi connectivity index (χ0n) is 19.9. The third-order valence-corrected chi connectivity index (χ3v) is 6.56. The van der Waals surface area contributed by atoms with Crippen LogP contribution in [-0.4, -0.2) is 11.6 Å². The minimum absolute atomic E-state index is 0.00791. The number of allylic oxidation sites excluding steroid dienone is 4. The molecule has 0 fully saturated rings. The SMILES string of the molecule is CC1=C(C/C=C(\C)CCC(C)CCC(C)CCC(C)C)C(=O)c2ccccc2C1=O. The molecule has 0 saturated carbocycles. The summed E-state index contributed by atoms with van der Waals surface area (Å²) in [5, 5.41) is 0. The van der Waals surface area contributed by atoms with Crippen molar-refractivity contribution in [1.29, 1.82) is 0 Å². The Kier molecular flexibility index (Phi) is 9.27. The predicted molar refractivity (Wildman–Crippen MR) is 127 cm³/mol. The maximum absolute atomic E-state index is 12.9. The highest BCUT2D eigenvalue weighted by molar-refractivity contribution is 6.26. The Balaban J connectivity index is 1.84. The van der Waals surface area contributed by atoms with E-state index in [9.17, 15) is 9.59 Å². The second kappa shape index (κ2) is 11.4. The maximum atomic E-state index is 12.9. The van der Waals surface area contributed by atoms with Gasteiger partial charge in [-0.3, -0.25) is 9.59 Å². The number of carbonyl (C=O) groups excluding carboxylic acids is 2. The zero-order chi connectivity index (χ0) is 22.3. The Morgan fingerprint density at radius 1 is 0.833 bits per heavy atom. The molecule has 0 aliphatic heterocycles. The first kappa shape index (κ1) is 24.3. The molecule has 2 heteroatoms. The molecule has 164 valence electrons. The Morgan fingerprint density at radius 2 is 1.37 bits per heavy atom. The summed E-state index contributed by atoms with van der Waals surface area (Å²) in [7, 11) is 0. The third-order valence-electron chi connectivity index (χ3n) is 6.56. The highest BCUT2D eigenvalue weighted by Crippen LogP contribution is 2.29. The summed E-state index contributed by atoms with van der Waals surface area (Å²) in [6.07, 6.45) is 10.2. The van der Waals surface area contributed by atoms with E-state index in [-0.39, 0.29) is 11.6 Å². The molecule has 1 aromatic carbocycles. The fourth-order valence-corrected chi connectivity index (χ4v) is 4.12. The smallest absolute Gasteiger partial charge is 0.190 e. The summed E-state index contributed by atoms with van der Waals surface area (Å²) in [6, 6.07) is 7.16. The lowest BCUT2D eigenvalue weighted by molar-refractivity contribution is 0.0973. The molecule has 2 unspecified atom stereocenters. The van der Waals surface area contributed by atoms with Gasteiger partial charge in [0.25, 0.3) is 0 Å². The predicted octanol–water partition coefficient (Wildman–Crippen LogP) is 7.99. The molecular formula is C28H40O2. The van der Waals surface area contributed by atoms with Gasteiger partial charge in [0.15, 0.2) is 11.6 Å². The molecule has 1 aromatic rings. The van der Waals surface area contributed by atoms with Gasteiger partial charge in [0.05, 0.1) is 0 Å². The molecule has 2 nitrogen and oxygen atoms in total. The minimum atomic E-state index is -0.00791. The van der Waals surface area contributed by atoms with Crippen molar-refractivity contribution in [3.63, 3.8) is 0 Å². The maximum Gasteiger partial charge on any atom is 0.190 e. The number of hydrogen-bond acceptors (Lipinski definition) is 2. The van der Waals surface area contributed by atoms with Gasteiger partial charge in [0.1, 0.15) is 0 Å². The van der Waals surface area contributed by atoms with Gasteiger partial charge < -0.3 is 0 Å². The monoisotopic (exact) mass is 408 g/mol. The lowest BCUT2D eigenvalue weighted by atomic mass is 9.83. The summed E-state index contributed by atoms with van der Waals surface area (Å²) in [4.78, 5) is 25.5. The minimum Gasteiger partial charge on any atom is -0.289 e. The van der Waals surface area contributed by atoms with Gasteiger partial charge in [-0.2, -0.15) is 0 Å². The number of rotatable bonds is 11. The quantitative estimate of drug-likeness (QED) is 0.348. The lowest BCUT2D eigenvalue weighted by Gasteiger charge is -2.18. The molecule has 0 heterocycles. The van der Waals surface area contributed by atoms with Crippen molar-refractivity contribution in [3.8, 4) is 0 Å². The molecule has 1 aliphatic carbocycles. The van der Waals surface area contributed by atoms with Crippen molar-refractivity contribution in [3.05, 3.63) is 58.2 Å². The van der Waals surface area contributed by atoms with Crippen molar-refractivity contribution in [1.82, 2.24) is 0 Å². The van der Waals surface area contributed by atoms with E-state index >= 15 is 0 Å². The summed E-state index contributed by atoms with van der Waals surface area (Å²) in [5.74, 6) is 2.35. The van der Waals surface area contributed by atoms with E-state index in [0.717, 1.165) is 24.2 Å². The van der Waals surface area contributed by atoms with Crippen LogP contribution < -0.4 is 0 Å². The van der Waals surface area contributed by atoms with E-state index in [1.54, 1.807) is 19.1 Å². The number of ketones is 2. The molecule has 0 bridgehead atoms. The van der Waals surface area contributed by atoms with Gasteiger partial charge in [0.2, 0.25) is 0 Å². The zero-order valence-corrected chi connectivity index (χ0v) is 19.9. The van der Waals surface area contributed by atoms with E-state index < -0.39 is 0 Å². The van der Waals surface area contributed by atoms with E-state index in [1.807, 2.05) is 12.1 Å². The molecule has 2 atom stereocenters. The molecular weight excluding hydrogens is 368 g/mol. The highest BCUT2D eigenvalue weighted by atomic mass is 16.1.